The van der Waals surface area contributed by atoms with Crippen molar-refractivity contribution in [2.45, 2.75) is 36.8 Å². The molecule has 0 amide bonds. The third-order valence-corrected chi connectivity index (χ3v) is 7.13. The molecule has 3 rings (SSSR count). The molecule has 1 N–H and O–H groups in total. The van der Waals surface area contributed by atoms with Gasteiger partial charge in [0.25, 0.3) is 0 Å². The molecular weight excluding hydrogens is 463 g/mol. The molecule has 0 atom stereocenters. The lowest BCUT2D eigenvalue weighted by Gasteiger charge is -2.20. The molecular formula is C21H20Cl2N2O3S2. The predicted octanol–water partition coefficient (Wildman–Crippen LogP) is 6.40. The number of nitrogens with zero attached hydrogens (tertiary/aromatic N) is 2. The predicted molar refractivity (Wildman–Crippen MR) is 123 cm³/mol. The Balaban J connectivity index is 1.58. The number of hydrogen-bond acceptors (Lipinski definition) is 6. The Morgan fingerprint density at radius 3 is 2.63 bits per heavy atom. The van der Waals surface area contributed by atoms with Crippen LogP contribution in [0.15, 0.2) is 41.3 Å². The van der Waals surface area contributed by atoms with E-state index in [1.165, 1.54) is 23.3 Å². The second kappa shape index (κ2) is 9.56. The molecule has 2 aromatic carbocycles. The van der Waals surface area contributed by atoms with E-state index >= 15 is 0 Å². The smallest absolute Gasteiger partial charge is 0.319 e. The average molecular weight is 483 g/mol. The number of carboxylic acid groups (broad SMARTS) is 1. The molecule has 9 heteroatoms. The summed E-state index contributed by atoms with van der Waals surface area (Å²) < 4.78 is 9.34. The van der Waals surface area contributed by atoms with E-state index < -0.39 is 10.7 Å². The molecule has 1 heterocycles. The lowest BCUT2D eigenvalue weighted by atomic mass is 10.2. The summed E-state index contributed by atoms with van der Waals surface area (Å²) in [6.45, 7) is 5.79. The van der Waals surface area contributed by atoms with Crippen molar-refractivity contribution in [3.05, 3.63) is 57.0 Å². The fourth-order valence-electron chi connectivity index (χ4n) is 2.51. The number of halogens is 2. The summed E-state index contributed by atoms with van der Waals surface area (Å²) >= 11 is 14.7. The van der Waals surface area contributed by atoms with Gasteiger partial charge < -0.3 is 9.84 Å². The van der Waals surface area contributed by atoms with Crippen molar-refractivity contribution in [2.24, 2.45) is 0 Å². The van der Waals surface area contributed by atoms with Gasteiger partial charge in [0.2, 0.25) is 0 Å². The summed E-state index contributed by atoms with van der Waals surface area (Å²) in [5.41, 5.74) is 1.80. The zero-order chi connectivity index (χ0) is 21.9. The summed E-state index contributed by atoms with van der Waals surface area (Å²) in [6.07, 6.45) is 0.626. The van der Waals surface area contributed by atoms with Gasteiger partial charge in [0.15, 0.2) is 5.82 Å². The monoisotopic (exact) mass is 482 g/mol. The van der Waals surface area contributed by atoms with Gasteiger partial charge in [-0.2, -0.15) is 4.37 Å². The number of aliphatic carboxylic acids is 1. The van der Waals surface area contributed by atoms with Crippen LogP contribution in [0.2, 0.25) is 10.0 Å². The highest BCUT2D eigenvalue weighted by molar-refractivity contribution is 8.01. The normalized spacial score (nSPS) is 11.5. The van der Waals surface area contributed by atoms with E-state index in [-0.39, 0.29) is 0 Å². The van der Waals surface area contributed by atoms with Gasteiger partial charge in [0, 0.05) is 16.9 Å². The second-order valence-electron chi connectivity index (χ2n) is 7.08. The van der Waals surface area contributed by atoms with Crippen LogP contribution in [0, 0.1) is 6.92 Å². The van der Waals surface area contributed by atoms with Gasteiger partial charge in [0.1, 0.15) is 15.5 Å². The first-order chi connectivity index (χ1) is 14.2. The first kappa shape index (κ1) is 22.9. The van der Waals surface area contributed by atoms with Gasteiger partial charge in [-0.05, 0) is 74.3 Å². The number of benzene rings is 2. The molecule has 0 radical (unpaired) electrons. The van der Waals surface area contributed by atoms with Crippen LogP contribution in [-0.2, 0) is 11.2 Å². The molecule has 158 valence electrons. The quantitative estimate of drug-likeness (QED) is 0.374. The SMILES string of the molecule is Cc1cc(OCCc2nc(-c3ccc(Cl)c(Cl)c3)ns2)ccc1SC(C)(C)C(=O)O. The number of carbonyl (C=O) groups is 1. The van der Waals surface area contributed by atoms with E-state index in [1.807, 2.05) is 31.2 Å². The van der Waals surface area contributed by atoms with Gasteiger partial charge in [-0.15, -0.1) is 11.8 Å². The first-order valence-electron chi connectivity index (χ1n) is 9.09. The molecule has 1 aromatic heterocycles. The fraction of sp³-hybridized carbons (Fsp3) is 0.286. The van der Waals surface area contributed by atoms with Crippen LogP contribution in [0.4, 0.5) is 0 Å². The van der Waals surface area contributed by atoms with Crippen LogP contribution < -0.4 is 4.74 Å². The number of ether oxygens (including phenoxy) is 1. The Bertz CT molecular complexity index is 1070. The van der Waals surface area contributed by atoms with Crippen molar-refractivity contribution in [1.29, 1.82) is 0 Å². The Hall–Kier alpha value is -1.80. The summed E-state index contributed by atoms with van der Waals surface area (Å²) in [5, 5.41) is 11.1. The van der Waals surface area contributed by atoms with Crippen molar-refractivity contribution in [3.63, 3.8) is 0 Å². The maximum Gasteiger partial charge on any atom is 0.319 e. The lowest BCUT2D eigenvalue weighted by molar-refractivity contribution is -0.138. The molecule has 0 saturated heterocycles. The highest BCUT2D eigenvalue weighted by atomic mass is 35.5. The van der Waals surface area contributed by atoms with Gasteiger partial charge in [0.05, 0.1) is 16.7 Å². The van der Waals surface area contributed by atoms with Gasteiger partial charge >= 0.3 is 5.97 Å². The maximum atomic E-state index is 11.3. The molecule has 30 heavy (non-hydrogen) atoms. The van der Waals surface area contributed by atoms with E-state index in [1.54, 1.807) is 26.0 Å². The van der Waals surface area contributed by atoms with E-state index in [4.69, 9.17) is 27.9 Å². The number of rotatable bonds is 8. The maximum absolute atomic E-state index is 11.3. The van der Waals surface area contributed by atoms with Crippen LogP contribution in [0.1, 0.15) is 24.4 Å². The molecule has 0 saturated carbocycles. The summed E-state index contributed by atoms with van der Waals surface area (Å²) in [5.74, 6) is 0.510. The van der Waals surface area contributed by atoms with Crippen LogP contribution >= 0.6 is 46.5 Å². The van der Waals surface area contributed by atoms with E-state index in [0.29, 0.717) is 28.9 Å². The molecule has 0 bridgehead atoms. The minimum Gasteiger partial charge on any atom is -0.493 e. The highest BCUT2D eigenvalue weighted by Gasteiger charge is 2.29. The number of hydrogen-bond donors (Lipinski definition) is 1. The number of thioether (sulfide) groups is 1. The third kappa shape index (κ3) is 5.66. The summed E-state index contributed by atoms with van der Waals surface area (Å²) in [4.78, 5) is 16.8. The highest BCUT2D eigenvalue weighted by Crippen LogP contribution is 2.36. The van der Waals surface area contributed by atoms with E-state index in [9.17, 15) is 9.90 Å². The van der Waals surface area contributed by atoms with E-state index in [2.05, 4.69) is 9.36 Å². The molecule has 0 aliphatic rings. The van der Waals surface area contributed by atoms with Crippen molar-refractivity contribution in [3.8, 4) is 17.1 Å². The van der Waals surface area contributed by atoms with Gasteiger partial charge in [-0.1, -0.05) is 23.2 Å². The third-order valence-electron chi connectivity index (χ3n) is 4.26. The molecule has 0 aliphatic heterocycles. The van der Waals surface area contributed by atoms with Gasteiger partial charge in [-0.25, -0.2) is 4.98 Å². The summed E-state index contributed by atoms with van der Waals surface area (Å²) in [7, 11) is 0. The van der Waals surface area contributed by atoms with Crippen LogP contribution in [0.25, 0.3) is 11.4 Å². The molecule has 5 nitrogen and oxygen atoms in total. The molecule has 3 aromatic rings. The van der Waals surface area contributed by atoms with Crippen molar-refractivity contribution >= 4 is 52.5 Å². The minimum atomic E-state index is -0.892. The van der Waals surface area contributed by atoms with Gasteiger partial charge in [-0.3, -0.25) is 4.79 Å². The van der Waals surface area contributed by atoms with Crippen molar-refractivity contribution in [1.82, 2.24) is 9.36 Å². The first-order valence-corrected chi connectivity index (χ1v) is 11.4. The van der Waals surface area contributed by atoms with E-state index in [0.717, 1.165) is 26.8 Å². The fourth-order valence-corrected chi connectivity index (χ4v) is 4.44. The zero-order valence-corrected chi connectivity index (χ0v) is 19.8. The topological polar surface area (TPSA) is 72.3 Å². The molecule has 0 unspecified atom stereocenters. The number of carboxylic acids is 1. The van der Waals surface area contributed by atoms with Crippen molar-refractivity contribution in [2.75, 3.05) is 6.61 Å². The molecule has 0 spiro atoms. The molecule has 0 aliphatic carbocycles. The number of aromatic nitrogens is 2. The molecule has 0 fully saturated rings. The van der Waals surface area contributed by atoms with Crippen LogP contribution in [-0.4, -0.2) is 31.8 Å². The number of aryl methyl sites for hydroxylation is 1. The standard InChI is InChI=1S/C21H20Cl2N2O3S2/c1-12-10-14(5-7-17(12)29-21(2,3)20(26)27)28-9-8-18-24-19(25-30-18)13-4-6-15(22)16(23)11-13/h4-7,10-11H,8-9H2,1-3H3,(H,26,27). The zero-order valence-electron chi connectivity index (χ0n) is 16.6. The minimum absolute atomic E-state index is 0.461. The average Bonchev–Trinajstić information content (AvgIpc) is 3.15. The Morgan fingerprint density at radius 2 is 1.97 bits per heavy atom. The Morgan fingerprint density at radius 1 is 1.20 bits per heavy atom. The Kier molecular flexibility index (Phi) is 7.29. The Labute approximate surface area is 193 Å². The second-order valence-corrected chi connectivity index (χ2v) is 10.4. The van der Waals surface area contributed by atoms with Crippen molar-refractivity contribution < 1.29 is 14.6 Å². The summed E-state index contributed by atoms with van der Waals surface area (Å²) in [6, 6.07) is 11.0. The van der Waals surface area contributed by atoms with Crippen LogP contribution in [0.5, 0.6) is 5.75 Å². The lowest BCUT2D eigenvalue weighted by Crippen LogP contribution is -2.27. The van der Waals surface area contributed by atoms with Crippen LogP contribution in [0.3, 0.4) is 0 Å². The largest absolute Gasteiger partial charge is 0.493 e.